The first-order valence-electron chi connectivity index (χ1n) is 11.2. The fraction of sp³-hybridized carbons (Fsp3) is 0.913. The first-order valence-corrected chi connectivity index (χ1v) is 11.2. The van der Waals surface area contributed by atoms with Gasteiger partial charge in [0, 0.05) is 29.6 Å². The van der Waals surface area contributed by atoms with Gasteiger partial charge in [0.2, 0.25) is 0 Å². The second-order valence-electron chi connectivity index (χ2n) is 9.78. The number of carbonyl (C=O) groups excluding carboxylic acids is 2. The molecule has 12 unspecified atom stereocenters. The van der Waals surface area contributed by atoms with Crippen LogP contribution in [0.4, 0.5) is 0 Å². The number of aliphatic hydroxyl groups is 4. The number of aliphatic hydroxyl groups excluding tert-OH is 4. The standard InChI is InChI=1S/C23H42O7/c1-10-9-11(2)19(26)14(5)21(28)16(7)23(29)30-22(12(3)17(8)24)15(6)20(27)13(4)18(10)25/h10-17,19-22,24,26-28H,9H2,1-8H3. The van der Waals surface area contributed by atoms with E-state index >= 15 is 0 Å². The van der Waals surface area contributed by atoms with Gasteiger partial charge in [-0.15, -0.1) is 0 Å². The molecule has 0 spiro atoms. The van der Waals surface area contributed by atoms with E-state index in [2.05, 4.69) is 0 Å². The summed E-state index contributed by atoms with van der Waals surface area (Å²) < 4.78 is 5.69. The van der Waals surface area contributed by atoms with Crippen molar-refractivity contribution in [3.8, 4) is 0 Å². The van der Waals surface area contributed by atoms with E-state index in [1.807, 2.05) is 6.92 Å². The molecular formula is C23H42O7. The van der Waals surface area contributed by atoms with Gasteiger partial charge in [0.25, 0.3) is 0 Å². The third-order valence-electron chi connectivity index (χ3n) is 7.30. The molecular weight excluding hydrogens is 388 g/mol. The fourth-order valence-corrected chi connectivity index (χ4v) is 4.60. The Morgan fingerprint density at radius 1 is 0.833 bits per heavy atom. The van der Waals surface area contributed by atoms with Crippen LogP contribution in [0.5, 0.6) is 0 Å². The summed E-state index contributed by atoms with van der Waals surface area (Å²) in [6.07, 6.45) is -4.33. The Morgan fingerprint density at radius 2 is 1.33 bits per heavy atom. The van der Waals surface area contributed by atoms with Crippen LogP contribution in [0.2, 0.25) is 0 Å². The van der Waals surface area contributed by atoms with E-state index in [1.54, 1.807) is 48.5 Å². The second-order valence-corrected chi connectivity index (χ2v) is 9.78. The van der Waals surface area contributed by atoms with Crippen LogP contribution in [0, 0.1) is 41.4 Å². The van der Waals surface area contributed by atoms with Crippen molar-refractivity contribution in [2.75, 3.05) is 0 Å². The highest BCUT2D eigenvalue weighted by molar-refractivity contribution is 5.83. The smallest absolute Gasteiger partial charge is 0.311 e. The largest absolute Gasteiger partial charge is 0.461 e. The van der Waals surface area contributed by atoms with Gasteiger partial charge in [-0.2, -0.15) is 0 Å². The summed E-state index contributed by atoms with van der Waals surface area (Å²) in [5.74, 6) is -4.70. The van der Waals surface area contributed by atoms with Crippen LogP contribution in [0.15, 0.2) is 0 Å². The van der Waals surface area contributed by atoms with Crippen LogP contribution in [0.1, 0.15) is 61.8 Å². The van der Waals surface area contributed by atoms with Gasteiger partial charge < -0.3 is 25.2 Å². The molecule has 1 aliphatic rings. The van der Waals surface area contributed by atoms with E-state index < -0.39 is 66.1 Å². The van der Waals surface area contributed by atoms with E-state index in [-0.39, 0.29) is 17.6 Å². The first kappa shape index (κ1) is 27.0. The maximum Gasteiger partial charge on any atom is 0.311 e. The van der Waals surface area contributed by atoms with Crippen LogP contribution in [0.3, 0.4) is 0 Å². The molecule has 0 aromatic rings. The van der Waals surface area contributed by atoms with Gasteiger partial charge in [0.05, 0.1) is 30.3 Å². The molecule has 1 aliphatic heterocycles. The summed E-state index contributed by atoms with van der Waals surface area (Å²) in [6, 6.07) is 0. The van der Waals surface area contributed by atoms with Gasteiger partial charge in [-0.3, -0.25) is 9.59 Å². The lowest BCUT2D eigenvalue weighted by atomic mass is 9.76. The quantitative estimate of drug-likeness (QED) is 0.492. The highest BCUT2D eigenvalue weighted by Crippen LogP contribution is 2.32. The Labute approximate surface area is 180 Å². The molecule has 1 rings (SSSR count). The molecule has 30 heavy (non-hydrogen) atoms. The van der Waals surface area contributed by atoms with Crippen LogP contribution < -0.4 is 0 Å². The highest BCUT2D eigenvalue weighted by Gasteiger charge is 2.42. The molecule has 0 radical (unpaired) electrons. The maximum absolute atomic E-state index is 12.9. The zero-order valence-electron chi connectivity index (χ0n) is 19.6. The number of ketones is 1. The van der Waals surface area contributed by atoms with Crippen molar-refractivity contribution in [3.05, 3.63) is 0 Å². The predicted molar refractivity (Wildman–Crippen MR) is 113 cm³/mol. The monoisotopic (exact) mass is 430 g/mol. The molecule has 0 aromatic heterocycles. The molecule has 176 valence electrons. The van der Waals surface area contributed by atoms with Gasteiger partial charge in [-0.1, -0.05) is 41.5 Å². The SMILES string of the molecule is CC1CC(C)C(O)C(C)C(O)C(C)C(=O)OC(C(C)C(C)O)C(C)C(O)C(C)C1=O. The summed E-state index contributed by atoms with van der Waals surface area (Å²) in [5, 5.41) is 42.4. The third-order valence-corrected chi connectivity index (χ3v) is 7.30. The van der Waals surface area contributed by atoms with Gasteiger partial charge in [-0.25, -0.2) is 0 Å². The second kappa shape index (κ2) is 11.0. The molecule has 1 heterocycles. The lowest BCUT2D eigenvalue weighted by Gasteiger charge is -2.38. The summed E-state index contributed by atoms with van der Waals surface area (Å²) in [7, 11) is 0. The summed E-state index contributed by atoms with van der Waals surface area (Å²) in [6.45, 7) is 13.5. The van der Waals surface area contributed by atoms with Crippen molar-refractivity contribution in [2.45, 2.75) is 92.3 Å². The van der Waals surface area contributed by atoms with Crippen molar-refractivity contribution in [2.24, 2.45) is 41.4 Å². The first-order chi connectivity index (χ1) is 13.7. The zero-order chi connectivity index (χ0) is 23.5. The molecule has 0 aromatic carbocycles. The molecule has 1 saturated heterocycles. The third kappa shape index (κ3) is 6.02. The number of esters is 1. The molecule has 0 saturated carbocycles. The Bertz CT molecular complexity index is 578. The Hall–Kier alpha value is -1.02. The summed E-state index contributed by atoms with van der Waals surface area (Å²) in [4.78, 5) is 25.8. The molecule has 0 amide bonds. The van der Waals surface area contributed by atoms with Crippen molar-refractivity contribution in [3.63, 3.8) is 0 Å². The summed E-state index contributed by atoms with van der Waals surface area (Å²) >= 11 is 0. The minimum absolute atomic E-state index is 0.123. The Kier molecular flexibility index (Phi) is 9.93. The van der Waals surface area contributed by atoms with Gasteiger partial charge in [-0.05, 0) is 26.2 Å². The average molecular weight is 431 g/mol. The van der Waals surface area contributed by atoms with Crippen molar-refractivity contribution < 1.29 is 34.8 Å². The molecule has 12 atom stereocenters. The van der Waals surface area contributed by atoms with Crippen molar-refractivity contribution in [1.29, 1.82) is 0 Å². The van der Waals surface area contributed by atoms with E-state index in [9.17, 15) is 30.0 Å². The highest BCUT2D eigenvalue weighted by atomic mass is 16.5. The minimum Gasteiger partial charge on any atom is -0.461 e. The molecule has 0 aliphatic carbocycles. The lowest BCUT2D eigenvalue weighted by molar-refractivity contribution is -0.172. The fourth-order valence-electron chi connectivity index (χ4n) is 4.60. The maximum atomic E-state index is 12.9. The molecule has 7 heteroatoms. The predicted octanol–water partition coefficient (Wildman–Crippen LogP) is 1.79. The number of cyclic esters (lactones) is 1. The van der Waals surface area contributed by atoms with E-state index in [4.69, 9.17) is 4.74 Å². The number of hydrogen-bond acceptors (Lipinski definition) is 7. The van der Waals surface area contributed by atoms with Gasteiger partial charge >= 0.3 is 5.97 Å². The van der Waals surface area contributed by atoms with Crippen molar-refractivity contribution in [1.82, 2.24) is 0 Å². The number of carbonyl (C=O) groups is 2. The average Bonchev–Trinajstić information content (AvgIpc) is 2.71. The van der Waals surface area contributed by atoms with Crippen LogP contribution in [-0.2, 0) is 14.3 Å². The topological polar surface area (TPSA) is 124 Å². The van der Waals surface area contributed by atoms with Crippen LogP contribution >= 0.6 is 0 Å². The number of hydrogen-bond donors (Lipinski definition) is 4. The minimum atomic E-state index is -1.13. The van der Waals surface area contributed by atoms with E-state index in [0.29, 0.717) is 6.42 Å². The van der Waals surface area contributed by atoms with Crippen molar-refractivity contribution >= 4 is 11.8 Å². The lowest BCUT2D eigenvalue weighted by Crippen LogP contribution is -2.48. The van der Waals surface area contributed by atoms with Crippen LogP contribution in [-0.4, -0.2) is 62.7 Å². The van der Waals surface area contributed by atoms with Crippen LogP contribution in [0.25, 0.3) is 0 Å². The number of rotatable bonds is 2. The number of ether oxygens (including phenoxy) is 1. The number of Topliss-reactive ketones (excluding diaryl/α,β-unsaturated/α-hetero) is 1. The Morgan fingerprint density at radius 3 is 1.83 bits per heavy atom. The zero-order valence-corrected chi connectivity index (χ0v) is 19.6. The Balaban J connectivity index is 3.37. The molecule has 0 bridgehead atoms. The van der Waals surface area contributed by atoms with Gasteiger partial charge in [0.1, 0.15) is 11.9 Å². The van der Waals surface area contributed by atoms with Gasteiger partial charge in [0.15, 0.2) is 0 Å². The molecule has 1 fully saturated rings. The molecule has 7 nitrogen and oxygen atoms in total. The summed E-state index contributed by atoms with van der Waals surface area (Å²) in [5.41, 5.74) is 0. The normalized spacial score (nSPS) is 44.7. The van der Waals surface area contributed by atoms with E-state index in [0.717, 1.165) is 0 Å². The molecule has 4 N–H and O–H groups in total. The van der Waals surface area contributed by atoms with E-state index in [1.165, 1.54) is 0 Å².